The third-order valence-corrected chi connectivity index (χ3v) is 4.63. The molecule has 21 heavy (non-hydrogen) atoms. The summed E-state index contributed by atoms with van der Waals surface area (Å²) in [5, 5.41) is 3.66. The monoisotopic (exact) mass is 303 g/mol. The van der Waals surface area contributed by atoms with Gasteiger partial charge in [0.15, 0.2) is 0 Å². The van der Waals surface area contributed by atoms with E-state index in [1.807, 2.05) is 12.1 Å². The molecule has 110 valence electrons. The van der Waals surface area contributed by atoms with Crippen molar-refractivity contribution < 1.29 is 4.39 Å². The average Bonchev–Trinajstić information content (AvgIpc) is 2.52. The van der Waals surface area contributed by atoms with Crippen LogP contribution in [0.3, 0.4) is 0 Å². The lowest BCUT2D eigenvalue weighted by Gasteiger charge is -2.33. The molecule has 1 fully saturated rings. The van der Waals surface area contributed by atoms with Crippen molar-refractivity contribution in [1.82, 2.24) is 5.32 Å². The Kier molecular flexibility index (Phi) is 4.57. The Morgan fingerprint density at radius 3 is 2.71 bits per heavy atom. The van der Waals surface area contributed by atoms with Crippen LogP contribution in [-0.4, -0.2) is 13.1 Å². The highest BCUT2D eigenvalue weighted by molar-refractivity contribution is 6.30. The molecule has 1 saturated heterocycles. The van der Waals surface area contributed by atoms with Gasteiger partial charge in [0.05, 0.1) is 5.02 Å². The first kappa shape index (κ1) is 14.6. The molecular weight excluding hydrogens is 285 g/mol. The van der Waals surface area contributed by atoms with Gasteiger partial charge in [0.1, 0.15) is 5.82 Å². The number of nitrogens with one attached hydrogen (secondary N) is 1. The van der Waals surface area contributed by atoms with Gasteiger partial charge in [-0.15, -0.1) is 0 Å². The zero-order chi connectivity index (χ0) is 14.7. The summed E-state index contributed by atoms with van der Waals surface area (Å²) in [6.45, 7) is 1.96. The van der Waals surface area contributed by atoms with Gasteiger partial charge in [-0.25, -0.2) is 4.39 Å². The van der Waals surface area contributed by atoms with Crippen molar-refractivity contribution in [3.05, 3.63) is 70.5 Å². The van der Waals surface area contributed by atoms with Gasteiger partial charge in [-0.1, -0.05) is 48.0 Å². The van der Waals surface area contributed by atoms with E-state index in [0.717, 1.165) is 31.5 Å². The van der Waals surface area contributed by atoms with Crippen LogP contribution in [0.1, 0.15) is 23.5 Å². The van der Waals surface area contributed by atoms with Gasteiger partial charge in [-0.3, -0.25) is 0 Å². The van der Waals surface area contributed by atoms with E-state index >= 15 is 0 Å². The Morgan fingerprint density at radius 2 is 1.95 bits per heavy atom. The highest BCUT2D eigenvalue weighted by Gasteiger charge is 2.27. The fraction of sp³-hybridized carbons (Fsp3) is 0.333. The third-order valence-electron chi connectivity index (χ3n) is 4.32. The summed E-state index contributed by atoms with van der Waals surface area (Å²) in [4.78, 5) is 0. The van der Waals surface area contributed by atoms with E-state index in [9.17, 15) is 4.39 Å². The number of halogens is 2. The number of piperidine rings is 1. The maximum Gasteiger partial charge on any atom is 0.142 e. The van der Waals surface area contributed by atoms with Crippen molar-refractivity contribution in [2.24, 2.45) is 5.92 Å². The van der Waals surface area contributed by atoms with Gasteiger partial charge in [0.2, 0.25) is 0 Å². The minimum absolute atomic E-state index is 0.201. The highest BCUT2D eigenvalue weighted by Crippen LogP contribution is 2.34. The number of rotatable bonds is 3. The molecule has 2 aromatic rings. The number of hydrogen-bond acceptors (Lipinski definition) is 1. The van der Waals surface area contributed by atoms with Crippen molar-refractivity contribution in [2.75, 3.05) is 13.1 Å². The Balaban J connectivity index is 1.82. The van der Waals surface area contributed by atoms with Gasteiger partial charge < -0.3 is 5.32 Å². The van der Waals surface area contributed by atoms with Crippen LogP contribution in [0, 0.1) is 11.7 Å². The molecule has 1 nitrogen and oxygen atoms in total. The summed E-state index contributed by atoms with van der Waals surface area (Å²) in [6, 6.07) is 15.8. The van der Waals surface area contributed by atoms with E-state index in [2.05, 4.69) is 29.6 Å². The fourth-order valence-corrected chi connectivity index (χ4v) is 3.35. The van der Waals surface area contributed by atoms with E-state index in [-0.39, 0.29) is 10.8 Å². The van der Waals surface area contributed by atoms with Gasteiger partial charge in [-0.2, -0.15) is 0 Å². The maximum atomic E-state index is 13.7. The lowest BCUT2D eigenvalue weighted by atomic mass is 9.78. The van der Waals surface area contributed by atoms with E-state index < -0.39 is 0 Å². The number of benzene rings is 2. The highest BCUT2D eigenvalue weighted by atomic mass is 35.5. The van der Waals surface area contributed by atoms with Crippen LogP contribution in [0.2, 0.25) is 5.02 Å². The Hall–Kier alpha value is -1.38. The third kappa shape index (κ3) is 3.45. The van der Waals surface area contributed by atoms with E-state index in [4.69, 9.17) is 11.6 Å². The SMILES string of the molecule is Fc1cc(C2CCNCC2Cc2ccccc2)ccc1Cl. The first-order valence-corrected chi connectivity index (χ1v) is 7.81. The van der Waals surface area contributed by atoms with E-state index in [0.29, 0.717) is 11.8 Å². The van der Waals surface area contributed by atoms with Crippen molar-refractivity contribution >= 4 is 11.6 Å². The van der Waals surface area contributed by atoms with Crippen LogP contribution in [0.25, 0.3) is 0 Å². The molecule has 3 rings (SSSR count). The molecule has 0 bridgehead atoms. The summed E-state index contributed by atoms with van der Waals surface area (Å²) in [6.07, 6.45) is 2.06. The molecule has 2 unspecified atom stereocenters. The molecule has 0 amide bonds. The molecule has 1 aliphatic heterocycles. The lowest BCUT2D eigenvalue weighted by Crippen LogP contribution is -2.36. The second kappa shape index (κ2) is 6.59. The molecule has 0 aliphatic carbocycles. The average molecular weight is 304 g/mol. The molecule has 3 heteroatoms. The largest absolute Gasteiger partial charge is 0.316 e. The fourth-order valence-electron chi connectivity index (χ4n) is 3.24. The summed E-state index contributed by atoms with van der Waals surface area (Å²) in [7, 11) is 0. The van der Waals surface area contributed by atoms with E-state index in [1.54, 1.807) is 12.1 Å². The Morgan fingerprint density at radius 1 is 1.14 bits per heavy atom. The topological polar surface area (TPSA) is 12.0 Å². The Labute approximate surface area is 130 Å². The first-order valence-electron chi connectivity index (χ1n) is 7.43. The van der Waals surface area contributed by atoms with Gasteiger partial charge in [0, 0.05) is 0 Å². The predicted octanol–water partition coefficient (Wildman–Crippen LogP) is 4.41. The van der Waals surface area contributed by atoms with Crippen LogP contribution < -0.4 is 5.32 Å². The summed E-state index contributed by atoms with van der Waals surface area (Å²) < 4.78 is 13.7. The van der Waals surface area contributed by atoms with Crippen LogP contribution in [-0.2, 0) is 6.42 Å². The van der Waals surface area contributed by atoms with E-state index in [1.165, 1.54) is 5.56 Å². The Bertz CT molecular complexity index is 599. The molecule has 1 N–H and O–H groups in total. The van der Waals surface area contributed by atoms with Gasteiger partial charge >= 0.3 is 0 Å². The van der Waals surface area contributed by atoms with Crippen LogP contribution in [0.15, 0.2) is 48.5 Å². The smallest absolute Gasteiger partial charge is 0.142 e. The zero-order valence-electron chi connectivity index (χ0n) is 11.9. The standard InChI is InChI=1S/C18H19ClFN/c19-17-7-6-14(11-18(17)20)16-8-9-21-12-15(16)10-13-4-2-1-3-5-13/h1-7,11,15-16,21H,8-10,12H2. The first-order chi connectivity index (χ1) is 10.2. The van der Waals surface area contributed by atoms with Crippen LogP contribution >= 0.6 is 11.6 Å². The maximum absolute atomic E-state index is 13.7. The second-order valence-electron chi connectivity index (χ2n) is 5.72. The lowest BCUT2D eigenvalue weighted by molar-refractivity contribution is 0.323. The van der Waals surface area contributed by atoms with Crippen LogP contribution in [0.4, 0.5) is 4.39 Å². The van der Waals surface area contributed by atoms with Crippen molar-refractivity contribution in [3.8, 4) is 0 Å². The van der Waals surface area contributed by atoms with Crippen molar-refractivity contribution in [3.63, 3.8) is 0 Å². The molecule has 2 atom stereocenters. The quantitative estimate of drug-likeness (QED) is 0.885. The minimum Gasteiger partial charge on any atom is -0.316 e. The molecule has 0 aromatic heterocycles. The van der Waals surface area contributed by atoms with Crippen LogP contribution in [0.5, 0.6) is 0 Å². The normalized spacial score (nSPS) is 22.2. The van der Waals surface area contributed by atoms with Crippen molar-refractivity contribution in [2.45, 2.75) is 18.8 Å². The van der Waals surface area contributed by atoms with Gasteiger partial charge in [0.25, 0.3) is 0 Å². The molecule has 2 aromatic carbocycles. The second-order valence-corrected chi connectivity index (χ2v) is 6.13. The summed E-state index contributed by atoms with van der Waals surface area (Å²) in [5.74, 6) is 0.561. The molecule has 1 heterocycles. The zero-order valence-corrected chi connectivity index (χ0v) is 12.6. The molecule has 0 spiro atoms. The number of hydrogen-bond donors (Lipinski definition) is 1. The predicted molar refractivity (Wildman–Crippen MR) is 85.3 cm³/mol. The minimum atomic E-state index is -0.314. The summed E-state index contributed by atoms with van der Waals surface area (Å²) in [5.41, 5.74) is 2.41. The molecule has 1 aliphatic rings. The van der Waals surface area contributed by atoms with Crippen molar-refractivity contribution in [1.29, 1.82) is 0 Å². The van der Waals surface area contributed by atoms with Gasteiger partial charge in [-0.05, 0) is 61.0 Å². The molecular formula is C18H19ClFN. The molecule has 0 radical (unpaired) electrons. The summed E-state index contributed by atoms with van der Waals surface area (Å²) >= 11 is 5.80. The molecule has 0 saturated carbocycles.